The van der Waals surface area contributed by atoms with Gasteiger partial charge in [0.1, 0.15) is 40.9 Å². The van der Waals surface area contributed by atoms with Crippen LogP contribution in [0.2, 0.25) is 0 Å². The Morgan fingerprint density at radius 2 is 2.14 bits per heavy atom. The Balaban J connectivity index is 2.25. The third-order valence-corrected chi connectivity index (χ3v) is 3.89. The molecule has 6 nitrogen and oxygen atoms in total. The molecule has 0 unspecified atom stereocenters. The first-order valence-corrected chi connectivity index (χ1v) is 7.01. The first-order chi connectivity index (χ1) is 10.3. The van der Waals surface area contributed by atoms with Crippen LogP contribution in [0, 0.1) is 0 Å². The maximum absolute atomic E-state index is 12.3. The third-order valence-electron chi connectivity index (χ3n) is 3.89. The zero-order valence-corrected chi connectivity index (χ0v) is 12.7. The Morgan fingerprint density at radius 1 is 1.41 bits per heavy atom. The number of hydrogen-bond acceptors (Lipinski definition) is 6. The molecule has 0 radical (unpaired) electrons. The highest BCUT2D eigenvalue weighted by atomic mass is 16.5. The largest absolute Gasteiger partial charge is 0.495 e. The van der Waals surface area contributed by atoms with Gasteiger partial charge in [0, 0.05) is 24.1 Å². The molecule has 0 bridgehead atoms. The van der Waals surface area contributed by atoms with Crippen molar-refractivity contribution in [3.63, 3.8) is 0 Å². The van der Waals surface area contributed by atoms with Gasteiger partial charge in [0.15, 0.2) is 5.43 Å². The quantitative estimate of drug-likeness (QED) is 0.890. The Labute approximate surface area is 126 Å². The zero-order valence-electron chi connectivity index (χ0n) is 12.7. The average Bonchev–Trinajstić information content (AvgIpc) is 2.88. The highest BCUT2D eigenvalue weighted by Crippen LogP contribution is 2.42. The zero-order chi connectivity index (χ0) is 16.1. The van der Waals surface area contributed by atoms with Gasteiger partial charge in [-0.15, -0.1) is 0 Å². The Kier molecular flexibility index (Phi) is 3.38. The molecule has 0 aliphatic carbocycles. The van der Waals surface area contributed by atoms with E-state index >= 15 is 0 Å². The molecule has 0 saturated carbocycles. The van der Waals surface area contributed by atoms with E-state index in [2.05, 4.69) is 0 Å². The second-order valence-electron chi connectivity index (χ2n) is 5.96. The van der Waals surface area contributed by atoms with Crippen molar-refractivity contribution in [2.24, 2.45) is 0 Å². The van der Waals surface area contributed by atoms with Crippen LogP contribution in [0.5, 0.6) is 11.5 Å². The van der Waals surface area contributed by atoms with Gasteiger partial charge in [0.05, 0.1) is 12.7 Å². The first-order valence-electron chi connectivity index (χ1n) is 7.01. The van der Waals surface area contributed by atoms with E-state index in [0.717, 1.165) is 5.56 Å². The SMILES string of the molecule is COc1c2c(cc3oc(CO)cc(=O)c13)O[C@H](C(C)(C)O)C2. The molecule has 1 aliphatic heterocycles. The molecule has 0 spiro atoms. The minimum Gasteiger partial charge on any atom is -0.495 e. The summed E-state index contributed by atoms with van der Waals surface area (Å²) in [7, 11) is 1.48. The summed E-state index contributed by atoms with van der Waals surface area (Å²) in [5, 5.41) is 19.6. The molecule has 22 heavy (non-hydrogen) atoms. The molecule has 1 aromatic heterocycles. The van der Waals surface area contributed by atoms with E-state index in [1.54, 1.807) is 19.9 Å². The van der Waals surface area contributed by atoms with Crippen molar-refractivity contribution in [2.45, 2.75) is 38.6 Å². The van der Waals surface area contributed by atoms with Crippen LogP contribution in [-0.2, 0) is 13.0 Å². The second-order valence-corrected chi connectivity index (χ2v) is 5.96. The van der Waals surface area contributed by atoms with E-state index in [-0.39, 0.29) is 17.8 Å². The molecule has 1 aliphatic rings. The lowest BCUT2D eigenvalue weighted by molar-refractivity contribution is -0.0229. The highest BCUT2D eigenvalue weighted by Gasteiger charge is 2.37. The lowest BCUT2D eigenvalue weighted by Gasteiger charge is -2.24. The summed E-state index contributed by atoms with van der Waals surface area (Å²) in [4.78, 5) is 12.3. The van der Waals surface area contributed by atoms with Crippen molar-refractivity contribution < 1.29 is 24.1 Å². The topological polar surface area (TPSA) is 89.1 Å². The standard InChI is InChI=1S/C16H18O6/c1-16(2,19)13-5-9-11(22-13)6-12-14(15(9)20-3)10(18)4-8(7-17)21-12/h4,6,13,17,19H,5,7H2,1-3H3/t13-/m0/s1. The van der Waals surface area contributed by atoms with Crippen LogP contribution >= 0.6 is 0 Å². The van der Waals surface area contributed by atoms with Crippen molar-refractivity contribution >= 4 is 11.0 Å². The number of rotatable bonds is 3. The molecular formula is C16H18O6. The van der Waals surface area contributed by atoms with Crippen molar-refractivity contribution in [2.75, 3.05) is 7.11 Å². The summed E-state index contributed by atoms with van der Waals surface area (Å²) in [6.45, 7) is 2.98. The summed E-state index contributed by atoms with van der Waals surface area (Å²) in [6, 6.07) is 2.86. The molecule has 6 heteroatoms. The van der Waals surface area contributed by atoms with Gasteiger partial charge in [-0.05, 0) is 13.8 Å². The minimum absolute atomic E-state index is 0.177. The monoisotopic (exact) mass is 306 g/mol. The van der Waals surface area contributed by atoms with Gasteiger partial charge >= 0.3 is 0 Å². The van der Waals surface area contributed by atoms with Crippen LogP contribution in [0.4, 0.5) is 0 Å². The molecule has 2 N–H and O–H groups in total. The van der Waals surface area contributed by atoms with E-state index in [9.17, 15) is 9.90 Å². The molecule has 0 amide bonds. The molecule has 1 aromatic carbocycles. The van der Waals surface area contributed by atoms with Crippen molar-refractivity contribution in [3.8, 4) is 11.5 Å². The summed E-state index contributed by atoms with van der Waals surface area (Å²) in [5.41, 5.74) is -0.268. The molecule has 0 fully saturated rings. The van der Waals surface area contributed by atoms with Gasteiger partial charge in [0.2, 0.25) is 0 Å². The summed E-state index contributed by atoms with van der Waals surface area (Å²) >= 11 is 0. The fourth-order valence-corrected chi connectivity index (χ4v) is 2.73. The van der Waals surface area contributed by atoms with E-state index in [0.29, 0.717) is 28.9 Å². The van der Waals surface area contributed by atoms with E-state index in [1.165, 1.54) is 13.2 Å². The van der Waals surface area contributed by atoms with Gasteiger partial charge in [-0.25, -0.2) is 0 Å². The summed E-state index contributed by atoms with van der Waals surface area (Å²) in [5.74, 6) is 1.10. The maximum Gasteiger partial charge on any atom is 0.196 e. The van der Waals surface area contributed by atoms with Gasteiger partial charge in [0.25, 0.3) is 0 Å². The average molecular weight is 306 g/mol. The van der Waals surface area contributed by atoms with Crippen molar-refractivity contribution in [1.29, 1.82) is 0 Å². The van der Waals surface area contributed by atoms with Crippen molar-refractivity contribution in [1.82, 2.24) is 0 Å². The Hall–Kier alpha value is -2.05. The van der Waals surface area contributed by atoms with Crippen LogP contribution in [0.25, 0.3) is 11.0 Å². The number of fused-ring (bicyclic) bond motifs is 2. The third kappa shape index (κ3) is 2.24. The number of aliphatic hydroxyl groups is 2. The Bertz CT molecular complexity index is 784. The van der Waals surface area contributed by atoms with Crippen LogP contribution in [0.1, 0.15) is 25.2 Å². The number of aliphatic hydroxyl groups excluding tert-OH is 1. The summed E-state index contributed by atoms with van der Waals surface area (Å²) < 4.78 is 16.7. The number of ether oxygens (including phenoxy) is 2. The summed E-state index contributed by atoms with van der Waals surface area (Å²) in [6.07, 6.45) is 0.0136. The number of benzene rings is 1. The fraction of sp³-hybridized carbons (Fsp3) is 0.438. The lowest BCUT2D eigenvalue weighted by Crippen LogP contribution is -2.39. The molecule has 0 saturated heterocycles. The van der Waals surface area contributed by atoms with Crippen LogP contribution < -0.4 is 14.9 Å². The van der Waals surface area contributed by atoms with Crippen molar-refractivity contribution in [3.05, 3.63) is 33.7 Å². The smallest absolute Gasteiger partial charge is 0.196 e. The van der Waals surface area contributed by atoms with E-state index in [1.807, 2.05) is 0 Å². The minimum atomic E-state index is -1.02. The van der Waals surface area contributed by atoms with E-state index < -0.39 is 11.7 Å². The molecule has 3 rings (SSSR count). The molecule has 2 heterocycles. The van der Waals surface area contributed by atoms with E-state index in [4.69, 9.17) is 19.0 Å². The number of methoxy groups -OCH3 is 1. The molecule has 2 aromatic rings. The predicted molar refractivity (Wildman–Crippen MR) is 79.4 cm³/mol. The second kappa shape index (κ2) is 5.00. The van der Waals surface area contributed by atoms with Crippen LogP contribution in [0.3, 0.4) is 0 Å². The first kappa shape index (κ1) is 14.9. The van der Waals surface area contributed by atoms with Gasteiger partial charge in [-0.2, -0.15) is 0 Å². The Morgan fingerprint density at radius 3 is 2.73 bits per heavy atom. The normalized spacial score (nSPS) is 17.4. The van der Waals surface area contributed by atoms with Gasteiger partial charge < -0.3 is 24.1 Å². The maximum atomic E-state index is 12.3. The van der Waals surface area contributed by atoms with Gasteiger partial charge in [-0.3, -0.25) is 4.79 Å². The van der Waals surface area contributed by atoms with Crippen LogP contribution in [0.15, 0.2) is 21.3 Å². The predicted octanol–water partition coefficient (Wildman–Crippen LogP) is 1.37. The molecule has 118 valence electrons. The highest BCUT2D eigenvalue weighted by molar-refractivity contribution is 5.87. The lowest BCUT2D eigenvalue weighted by atomic mass is 9.96. The molecule has 1 atom stereocenters. The van der Waals surface area contributed by atoms with Gasteiger partial charge in [-0.1, -0.05) is 0 Å². The number of hydrogen-bond donors (Lipinski definition) is 2. The fourth-order valence-electron chi connectivity index (χ4n) is 2.73. The molecular weight excluding hydrogens is 288 g/mol. The van der Waals surface area contributed by atoms with Crippen LogP contribution in [-0.4, -0.2) is 29.0 Å².